The zero-order valence-electron chi connectivity index (χ0n) is 12.1. The maximum atomic E-state index is 11.1. The molecule has 0 saturated heterocycles. The highest BCUT2D eigenvalue weighted by Gasteiger charge is 2.07. The van der Waals surface area contributed by atoms with Crippen LogP contribution in [0.25, 0.3) is 0 Å². The number of ether oxygens (including phenoxy) is 1. The van der Waals surface area contributed by atoms with Gasteiger partial charge in [0.15, 0.2) is 0 Å². The highest BCUT2D eigenvalue weighted by Crippen LogP contribution is 2.18. The number of carbonyl (C=O) groups excluding carboxylic acids is 1. The molecule has 0 fully saturated rings. The minimum atomic E-state index is -0.186. The zero-order valence-corrected chi connectivity index (χ0v) is 12.9. The Balaban J connectivity index is 1.98. The first-order chi connectivity index (χ1) is 9.58. The Hall–Kier alpha value is -1.68. The largest absolute Gasteiger partial charge is 0.469 e. The van der Waals surface area contributed by atoms with E-state index in [-0.39, 0.29) is 5.97 Å². The summed E-state index contributed by atoms with van der Waals surface area (Å²) in [6.07, 6.45) is 1.89. The van der Waals surface area contributed by atoms with Gasteiger partial charge in [-0.3, -0.25) is 4.79 Å². The van der Waals surface area contributed by atoms with Crippen LogP contribution >= 0.6 is 11.3 Å². The third-order valence-electron chi connectivity index (χ3n) is 3.34. The molecule has 20 heavy (non-hydrogen) atoms. The van der Waals surface area contributed by atoms with Crippen LogP contribution in [0.1, 0.15) is 33.8 Å². The Morgan fingerprint density at radius 1 is 1.30 bits per heavy atom. The highest BCUT2D eigenvalue weighted by molar-refractivity contribution is 7.09. The van der Waals surface area contributed by atoms with Crippen LogP contribution in [0, 0.1) is 13.8 Å². The molecule has 0 unspecified atom stereocenters. The number of aryl methyl sites for hydroxylation is 3. The van der Waals surface area contributed by atoms with Crippen LogP contribution in [0.3, 0.4) is 0 Å². The SMILES string of the molecule is COC(=O)CCc1csc(Cc2ccc(C)c(C)c2)n1. The van der Waals surface area contributed by atoms with Gasteiger partial charge in [0, 0.05) is 18.2 Å². The fraction of sp³-hybridized carbons (Fsp3) is 0.375. The van der Waals surface area contributed by atoms with Crippen molar-refractivity contribution in [3.05, 3.63) is 51.0 Å². The number of hydrogen-bond acceptors (Lipinski definition) is 4. The summed E-state index contributed by atoms with van der Waals surface area (Å²) in [6.45, 7) is 4.25. The van der Waals surface area contributed by atoms with E-state index < -0.39 is 0 Å². The van der Waals surface area contributed by atoms with Crippen LogP contribution < -0.4 is 0 Å². The molecule has 2 rings (SSSR count). The molecule has 0 atom stereocenters. The number of nitrogens with zero attached hydrogens (tertiary/aromatic N) is 1. The second-order valence-corrected chi connectivity index (χ2v) is 5.85. The van der Waals surface area contributed by atoms with Crippen molar-refractivity contribution in [2.45, 2.75) is 33.1 Å². The molecule has 0 spiro atoms. The lowest BCUT2D eigenvalue weighted by Gasteiger charge is -2.03. The van der Waals surface area contributed by atoms with Gasteiger partial charge in [0.05, 0.1) is 24.2 Å². The molecule has 0 radical (unpaired) electrons. The van der Waals surface area contributed by atoms with Gasteiger partial charge in [-0.05, 0) is 30.5 Å². The van der Waals surface area contributed by atoms with Crippen molar-refractivity contribution in [3.8, 4) is 0 Å². The first-order valence-electron chi connectivity index (χ1n) is 6.64. The van der Waals surface area contributed by atoms with Crippen LogP contribution in [-0.4, -0.2) is 18.1 Å². The van der Waals surface area contributed by atoms with Crippen molar-refractivity contribution in [3.63, 3.8) is 0 Å². The smallest absolute Gasteiger partial charge is 0.305 e. The van der Waals surface area contributed by atoms with E-state index in [1.165, 1.54) is 23.8 Å². The van der Waals surface area contributed by atoms with E-state index in [2.05, 4.69) is 41.8 Å². The molecule has 0 aliphatic carbocycles. The van der Waals surface area contributed by atoms with Gasteiger partial charge >= 0.3 is 5.97 Å². The minimum Gasteiger partial charge on any atom is -0.469 e. The number of carbonyl (C=O) groups is 1. The highest BCUT2D eigenvalue weighted by atomic mass is 32.1. The van der Waals surface area contributed by atoms with Gasteiger partial charge in [-0.15, -0.1) is 11.3 Å². The van der Waals surface area contributed by atoms with Crippen LogP contribution in [0.2, 0.25) is 0 Å². The summed E-state index contributed by atoms with van der Waals surface area (Å²) in [5.74, 6) is -0.186. The molecule has 0 aliphatic heterocycles. The molecule has 0 amide bonds. The number of rotatable bonds is 5. The van der Waals surface area contributed by atoms with Gasteiger partial charge in [0.2, 0.25) is 0 Å². The van der Waals surface area contributed by atoms with E-state index in [4.69, 9.17) is 0 Å². The molecule has 0 aliphatic rings. The van der Waals surface area contributed by atoms with Gasteiger partial charge in [0.1, 0.15) is 0 Å². The quantitative estimate of drug-likeness (QED) is 0.791. The summed E-state index contributed by atoms with van der Waals surface area (Å²) in [6, 6.07) is 6.51. The van der Waals surface area contributed by atoms with E-state index in [1.807, 2.05) is 5.38 Å². The third kappa shape index (κ3) is 3.90. The second kappa shape index (κ2) is 6.66. The predicted molar refractivity (Wildman–Crippen MR) is 81.2 cm³/mol. The molecule has 1 heterocycles. The summed E-state index contributed by atoms with van der Waals surface area (Å²) in [5.41, 5.74) is 4.87. The Kier molecular flexibility index (Phi) is 4.90. The monoisotopic (exact) mass is 289 g/mol. The van der Waals surface area contributed by atoms with Gasteiger partial charge in [-0.1, -0.05) is 18.2 Å². The van der Waals surface area contributed by atoms with E-state index >= 15 is 0 Å². The summed E-state index contributed by atoms with van der Waals surface area (Å²) in [7, 11) is 1.41. The lowest BCUT2D eigenvalue weighted by Crippen LogP contribution is -2.02. The van der Waals surface area contributed by atoms with Crippen LogP contribution in [-0.2, 0) is 22.4 Å². The fourth-order valence-electron chi connectivity index (χ4n) is 1.97. The summed E-state index contributed by atoms with van der Waals surface area (Å²) < 4.78 is 4.64. The Bertz CT molecular complexity index is 604. The average Bonchev–Trinajstić information content (AvgIpc) is 2.88. The predicted octanol–water partition coefficient (Wildman–Crippen LogP) is 3.46. The summed E-state index contributed by atoms with van der Waals surface area (Å²) >= 11 is 1.65. The average molecular weight is 289 g/mol. The van der Waals surface area contributed by atoms with Crippen LogP contribution in [0.4, 0.5) is 0 Å². The fourth-order valence-corrected chi connectivity index (χ4v) is 2.83. The zero-order chi connectivity index (χ0) is 14.5. The van der Waals surface area contributed by atoms with Crippen molar-refractivity contribution in [2.24, 2.45) is 0 Å². The normalized spacial score (nSPS) is 10.6. The number of aromatic nitrogens is 1. The van der Waals surface area contributed by atoms with Crippen molar-refractivity contribution >= 4 is 17.3 Å². The molecule has 1 aromatic heterocycles. The van der Waals surface area contributed by atoms with Crippen LogP contribution in [0.5, 0.6) is 0 Å². The Labute approximate surface area is 123 Å². The Morgan fingerprint density at radius 3 is 2.80 bits per heavy atom. The molecule has 1 aromatic carbocycles. The Morgan fingerprint density at radius 2 is 2.10 bits per heavy atom. The maximum Gasteiger partial charge on any atom is 0.305 e. The molecule has 2 aromatic rings. The van der Waals surface area contributed by atoms with Gasteiger partial charge in [-0.25, -0.2) is 4.98 Å². The third-order valence-corrected chi connectivity index (χ3v) is 4.24. The van der Waals surface area contributed by atoms with E-state index in [0.717, 1.165) is 17.1 Å². The van der Waals surface area contributed by atoms with Gasteiger partial charge in [0.25, 0.3) is 0 Å². The van der Waals surface area contributed by atoms with Gasteiger partial charge < -0.3 is 4.74 Å². The second-order valence-electron chi connectivity index (χ2n) is 4.90. The molecular weight excluding hydrogens is 270 g/mol. The number of methoxy groups -OCH3 is 1. The summed E-state index contributed by atoms with van der Waals surface area (Å²) in [4.78, 5) is 15.7. The summed E-state index contributed by atoms with van der Waals surface area (Å²) in [5, 5.41) is 3.12. The molecule has 3 nitrogen and oxygen atoms in total. The standard InChI is InChI=1S/C16H19NO2S/c1-11-4-5-13(8-12(11)2)9-15-17-14(10-20-15)6-7-16(18)19-3/h4-5,8,10H,6-7,9H2,1-3H3. The number of thiazole rings is 1. The van der Waals surface area contributed by atoms with E-state index in [9.17, 15) is 4.79 Å². The molecule has 0 bridgehead atoms. The van der Waals surface area contributed by atoms with E-state index in [0.29, 0.717) is 12.8 Å². The van der Waals surface area contributed by atoms with E-state index in [1.54, 1.807) is 11.3 Å². The lowest BCUT2D eigenvalue weighted by molar-refractivity contribution is -0.140. The first-order valence-corrected chi connectivity index (χ1v) is 7.52. The molecule has 0 saturated carbocycles. The first kappa shape index (κ1) is 14.7. The number of hydrogen-bond donors (Lipinski definition) is 0. The maximum absolute atomic E-state index is 11.1. The number of benzene rings is 1. The lowest BCUT2D eigenvalue weighted by atomic mass is 10.0. The molecule has 106 valence electrons. The topological polar surface area (TPSA) is 39.2 Å². The number of esters is 1. The molecule has 4 heteroatoms. The minimum absolute atomic E-state index is 0.186. The van der Waals surface area contributed by atoms with Crippen molar-refractivity contribution in [1.29, 1.82) is 0 Å². The molecule has 0 N–H and O–H groups in total. The van der Waals surface area contributed by atoms with Crippen molar-refractivity contribution < 1.29 is 9.53 Å². The van der Waals surface area contributed by atoms with Gasteiger partial charge in [-0.2, -0.15) is 0 Å². The molecular formula is C16H19NO2S. The van der Waals surface area contributed by atoms with Crippen molar-refractivity contribution in [1.82, 2.24) is 4.98 Å². The van der Waals surface area contributed by atoms with Crippen molar-refractivity contribution in [2.75, 3.05) is 7.11 Å². The van der Waals surface area contributed by atoms with Crippen LogP contribution in [0.15, 0.2) is 23.6 Å².